The molecule has 5 N–H and O–H groups in total. The first kappa shape index (κ1) is 24.6. The summed E-state index contributed by atoms with van der Waals surface area (Å²) >= 11 is 5.88. The molecule has 1 fully saturated rings. The van der Waals surface area contributed by atoms with Crippen molar-refractivity contribution < 1.29 is 28.2 Å². The number of nitrogen functional groups attached to an aromatic ring is 1. The first-order chi connectivity index (χ1) is 15.7. The van der Waals surface area contributed by atoms with Gasteiger partial charge in [-0.25, -0.2) is 0 Å². The number of carbonyl (C=O) groups is 2. The molecule has 2 unspecified atom stereocenters. The van der Waals surface area contributed by atoms with E-state index in [1.807, 2.05) is 0 Å². The molecule has 8 nitrogen and oxygen atoms in total. The lowest BCUT2D eigenvalue weighted by Gasteiger charge is -2.41. The molecule has 0 spiro atoms. The Labute approximate surface area is 193 Å². The maximum absolute atomic E-state index is 12.7. The second-order valence-corrected chi connectivity index (χ2v) is 7.95. The standard InChI is InChI=1S/C22H23ClF2N4O4/c23-15-7-14(8-16(9-15)33-22(24)25)19(31)21(32)29-6-5-17(29)18(30)11-28-10-12-1-3-13(4-2-12)20(26)27/h1-4,7-9,17,19,22,28,31H,5-6,10-11H2,(H3,26,27). The number of rotatable bonds is 10. The number of aliphatic hydroxyl groups is 1. The molecule has 176 valence electrons. The average molecular weight is 481 g/mol. The molecule has 0 bridgehead atoms. The molecular formula is C22H23ClF2N4O4. The van der Waals surface area contributed by atoms with Gasteiger partial charge in [0.1, 0.15) is 11.6 Å². The van der Waals surface area contributed by atoms with Crippen molar-refractivity contribution in [3.05, 3.63) is 64.2 Å². The third-order valence-corrected chi connectivity index (χ3v) is 5.45. The Hall–Kier alpha value is -3.08. The number of ketones is 1. The number of aliphatic hydroxyl groups excluding tert-OH is 1. The van der Waals surface area contributed by atoms with E-state index in [0.717, 1.165) is 17.7 Å². The van der Waals surface area contributed by atoms with Crippen LogP contribution in [0.2, 0.25) is 5.02 Å². The van der Waals surface area contributed by atoms with Crippen LogP contribution < -0.4 is 15.8 Å². The van der Waals surface area contributed by atoms with Gasteiger partial charge in [-0.05, 0) is 35.7 Å². The smallest absolute Gasteiger partial charge is 0.387 e. The molecule has 2 aromatic carbocycles. The fourth-order valence-electron chi connectivity index (χ4n) is 3.45. The van der Waals surface area contributed by atoms with E-state index in [0.29, 0.717) is 25.1 Å². The summed E-state index contributed by atoms with van der Waals surface area (Å²) in [6.07, 6.45) is -1.21. The fraction of sp³-hybridized carbons (Fsp3) is 0.318. The van der Waals surface area contributed by atoms with Gasteiger partial charge in [0.25, 0.3) is 5.91 Å². The van der Waals surface area contributed by atoms with Crippen LogP contribution in [0.4, 0.5) is 8.78 Å². The molecule has 1 amide bonds. The molecule has 1 heterocycles. The molecule has 1 aliphatic rings. The largest absolute Gasteiger partial charge is 0.435 e. The number of amidine groups is 1. The molecule has 1 aliphatic heterocycles. The van der Waals surface area contributed by atoms with Crippen LogP contribution in [0.1, 0.15) is 29.2 Å². The molecule has 0 aromatic heterocycles. The second kappa shape index (κ2) is 10.7. The van der Waals surface area contributed by atoms with E-state index in [1.54, 1.807) is 24.3 Å². The molecule has 3 rings (SSSR count). The van der Waals surface area contributed by atoms with Crippen LogP contribution in [0, 0.1) is 5.41 Å². The van der Waals surface area contributed by atoms with E-state index in [2.05, 4.69) is 10.1 Å². The minimum Gasteiger partial charge on any atom is -0.435 e. The monoisotopic (exact) mass is 480 g/mol. The van der Waals surface area contributed by atoms with Crippen LogP contribution in [-0.2, 0) is 16.1 Å². The zero-order valence-electron chi connectivity index (χ0n) is 17.4. The number of nitrogens with one attached hydrogen (secondary N) is 2. The van der Waals surface area contributed by atoms with Gasteiger partial charge in [-0.1, -0.05) is 35.9 Å². The van der Waals surface area contributed by atoms with Crippen LogP contribution >= 0.6 is 11.6 Å². The van der Waals surface area contributed by atoms with Crippen molar-refractivity contribution in [2.45, 2.75) is 31.7 Å². The topological polar surface area (TPSA) is 129 Å². The summed E-state index contributed by atoms with van der Waals surface area (Å²) < 4.78 is 29.2. The third kappa shape index (κ3) is 6.25. The molecule has 2 atom stereocenters. The predicted molar refractivity (Wildman–Crippen MR) is 117 cm³/mol. The number of nitrogens with two attached hydrogens (primary N) is 1. The summed E-state index contributed by atoms with van der Waals surface area (Å²) in [5.41, 5.74) is 6.91. The Morgan fingerprint density at radius 2 is 1.97 bits per heavy atom. The number of hydrogen-bond donors (Lipinski definition) is 4. The van der Waals surface area contributed by atoms with Crippen LogP contribution in [-0.4, -0.2) is 53.3 Å². The van der Waals surface area contributed by atoms with E-state index in [-0.39, 0.29) is 34.5 Å². The normalized spacial score (nSPS) is 16.3. The van der Waals surface area contributed by atoms with Crippen molar-refractivity contribution in [2.75, 3.05) is 13.1 Å². The van der Waals surface area contributed by atoms with Gasteiger partial charge in [0, 0.05) is 23.7 Å². The minimum atomic E-state index is -3.08. The number of hydrogen-bond acceptors (Lipinski definition) is 6. The van der Waals surface area contributed by atoms with Gasteiger partial charge in [-0.15, -0.1) is 0 Å². The zero-order chi connectivity index (χ0) is 24.1. The molecule has 0 radical (unpaired) electrons. The quantitative estimate of drug-likeness (QED) is 0.305. The molecule has 0 saturated carbocycles. The SMILES string of the molecule is N=C(N)c1ccc(CNCC(=O)C2CCN2C(=O)C(O)c2cc(Cl)cc(OC(F)F)c2)cc1. The number of Topliss-reactive ketones (excluding diaryl/α,β-unsaturated/α-hetero) is 1. The molecule has 33 heavy (non-hydrogen) atoms. The fourth-order valence-corrected chi connectivity index (χ4v) is 3.68. The summed E-state index contributed by atoms with van der Waals surface area (Å²) in [4.78, 5) is 26.5. The number of ether oxygens (including phenoxy) is 1. The van der Waals surface area contributed by atoms with Gasteiger partial charge in [0.15, 0.2) is 11.9 Å². The van der Waals surface area contributed by atoms with Gasteiger partial charge < -0.3 is 25.8 Å². The van der Waals surface area contributed by atoms with Crippen molar-refractivity contribution in [1.82, 2.24) is 10.2 Å². The van der Waals surface area contributed by atoms with Gasteiger partial charge in [0.05, 0.1) is 12.6 Å². The van der Waals surface area contributed by atoms with Crippen molar-refractivity contribution >= 4 is 29.1 Å². The summed E-state index contributed by atoms with van der Waals surface area (Å²) in [6.45, 7) is -2.37. The Balaban J connectivity index is 1.55. The first-order valence-electron chi connectivity index (χ1n) is 10.1. The summed E-state index contributed by atoms with van der Waals surface area (Å²) in [7, 11) is 0. The van der Waals surface area contributed by atoms with Gasteiger partial charge in [-0.2, -0.15) is 8.78 Å². The van der Waals surface area contributed by atoms with Crippen LogP contribution in [0.5, 0.6) is 5.75 Å². The van der Waals surface area contributed by atoms with E-state index in [9.17, 15) is 23.5 Å². The zero-order valence-corrected chi connectivity index (χ0v) is 18.2. The van der Waals surface area contributed by atoms with Crippen molar-refractivity contribution in [3.63, 3.8) is 0 Å². The van der Waals surface area contributed by atoms with Gasteiger partial charge in [-0.3, -0.25) is 15.0 Å². The summed E-state index contributed by atoms with van der Waals surface area (Å²) in [5.74, 6) is -1.24. The predicted octanol–water partition coefficient (Wildman–Crippen LogP) is 2.22. The molecule has 2 aromatic rings. The van der Waals surface area contributed by atoms with Crippen molar-refractivity contribution in [1.29, 1.82) is 5.41 Å². The summed E-state index contributed by atoms with van der Waals surface area (Å²) in [6, 6.07) is 9.85. The van der Waals surface area contributed by atoms with E-state index in [1.165, 1.54) is 11.0 Å². The van der Waals surface area contributed by atoms with Crippen molar-refractivity contribution in [3.8, 4) is 5.75 Å². The van der Waals surface area contributed by atoms with E-state index < -0.39 is 24.7 Å². The highest BCUT2D eigenvalue weighted by molar-refractivity contribution is 6.30. The van der Waals surface area contributed by atoms with Gasteiger partial charge >= 0.3 is 6.61 Å². The number of halogens is 3. The lowest BCUT2D eigenvalue weighted by Crippen LogP contribution is -2.58. The lowest BCUT2D eigenvalue weighted by atomic mass is 9.96. The molecular weight excluding hydrogens is 458 g/mol. The Bertz CT molecular complexity index is 1040. The highest BCUT2D eigenvalue weighted by Crippen LogP contribution is 2.29. The molecule has 1 saturated heterocycles. The van der Waals surface area contributed by atoms with E-state index >= 15 is 0 Å². The highest BCUT2D eigenvalue weighted by Gasteiger charge is 2.39. The number of nitrogens with zero attached hydrogens (tertiary/aromatic N) is 1. The maximum atomic E-state index is 12.7. The Kier molecular flexibility index (Phi) is 7.96. The lowest BCUT2D eigenvalue weighted by molar-refractivity contribution is -0.153. The van der Waals surface area contributed by atoms with Crippen LogP contribution in [0.25, 0.3) is 0 Å². The number of alkyl halides is 2. The molecule has 11 heteroatoms. The minimum absolute atomic E-state index is 0.00613. The average Bonchev–Trinajstić information content (AvgIpc) is 2.71. The maximum Gasteiger partial charge on any atom is 0.387 e. The van der Waals surface area contributed by atoms with Crippen LogP contribution in [0.15, 0.2) is 42.5 Å². The van der Waals surface area contributed by atoms with Crippen molar-refractivity contribution in [2.24, 2.45) is 5.73 Å². The Morgan fingerprint density at radius 1 is 1.27 bits per heavy atom. The first-order valence-corrected chi connectivity index (χ1v) is 10.4. The van der Waals surface area contributed by atoms with Gasteiger partial charge in [0.2, 0.25) is 0 Å². The van der Waals surface area contributed by atoms with Crippen LogP contribution in [0.3, 0.4) is 0 Å². The second-order valence-electron chi connectivity index (χ2n) is 7.52. The van der Waals surface area contributed by atoms with E-state index in [4.69, 9.17) is 22.7 Å². The third-order valence-electron chi connectivity index (χ3n) is 5.24. The Morgan fingerprint density at radius 3 is 2.55 bits per heavy atom. The highest BCUT2D eigenvalue weighted by atomic mass is 35.5. The molecule has 0 aliphatic carbocycles. The number of likely N-dealkylation sites (tertiary alicyclic amines) is 1. The summed E-state index contributed by atoms with van der Waals surface area (Å²) in [5, 5.41) is 20.9. The number of benzene rings is 2. The number of carbonyl (C=O) groups excluding carboxylic acids is 2. The number of amides is 1.